The third-order valence-electron chi connectivity index (χ3n) is 4.70. The van der Waals surface area contributed by atoms with Crippen LogP contribution >= 0.6 is 0 Å². The lowest BCUT2D eigenvalue weighted by atomic mass is 9.60. The van der Waals surface area contributed by atoms with Gasteiger partial charge in [-0.25, -0.2) is 0 Å². The van der Waals surface area contributed by atoms with Gasteiger partial charge < -0.3 is 5.32 Å². The fourth-order valence-electron chi connectivity index (χ4n) is 3.63. The van der Waals surface area contributed by atoms with Gasteiger partial charge >= 0.3 is 0 Å². The van der Waals surface area contributed by atoms with Crippen molar-refractivity contribution >= 4 is 0 Å². The summed E-state index contributed by atoms with van der Waals surface area (Å²) in [6, 6.07) is 1.45. The molecule has 2 fully saturated rings. The van der Waals surface area contributed by atoms with E-state index in [0.29, 0.717) is 17.0 Å². The average molecular weight is 238 g/mol. The highest BCUT2D eigenvalue weighted by Gasteiger charge is 2.46. The molecular formula is C15H30N2. The van der Waals surface area contributed by atoms with Crippen LogP contribution in [0.5, 0.6) is 0 Å². The maximum Gasteiger partial charge on any atom is 0.0125 e. The van der Waals surface area contributed by atoms with Gasteiger partial charge in [-0.05, 0) is 65.0 Å². The molecule has 0 amide bonds. The molecule has 1 N–H and O–H groups in total. The van der Waals surface area contributed by atoms with Crippen LogP contribution in [0.25, 0.3) is 0 Å². The van der Waals surface area contributed by atoms with Gasteiger partial charge in [0.25, 0.3) is 0 Å². The predicted molar refractivity (Wildman–Crippen MR) is 74.3 cm³/mol. The van der Waals surface area contributed by atoms with Gasteiger partial charge in [-0.3, -0.25) is 4.90 Å². The van der Waals surface area contributed by atoms with E-state index in [2.05, 4.69) is 44.8 Å². The Balaban J connectivity index is 1.78. The van der Waals surface area contributed by atoms with E-state index in [0.717, 1.165) is 6.04 Å². The van der Waals surface area contributed by atoms with E-state index in [-0.39, 0.29) is 0 Å². The molecule has 1 heterocycles. The summed E-state index contributed by atoms with van der Waals surface area (Å²) in [6.07, 6.45) is 5.67. The highest BCUT2D eigenvalue weighted by atomic mass is 15.2. The zero-order chi connectivity index (χ0) is 12.7. The summed E-state index contributed by atoms with van der Waals surface area (Å²) in [7, 11) is 0. The van der Waals surface area contributed by atoms with Crippen LogP contribution < -0.4 is 5.32 Å². The second-order valence-electron chi connectivity index (χ2n) is 7.58. The van der Waals surface area contributed by atoms with Crippen LogP contribution in [0.4, 0.5) is 0 Å². The summed E-state index contributed by atoms with van der Waals surface area (Å²) in [5, 5.41) is 3.68. The molecule has 0 radical (unpaired) electrons. The zero-order valence-electron chi connectivity index (χ0n) is 12.3. The first-order chi connectivity index (χ1) is 7.81. The monoisotopic (exact) mass is 238 g/mol. The van der Waals surface area contributed by atoms with E-state index in [1.807, 2.05) is 0 Å². The number of likely N-dealkylation sites (tertiary alicyclic amines) is 1. The Hall–Kier alpha value is -0.0800. The van der Waals surface area contributed by atoms with Crippen LogP contribution in [0.1, 0.15) is 60.3 Å². The number of piperidine rings is 1. The molecule has 2 nitrogen and oxygen atoms in total. The molecule has 1 aliphatic heterocycles. The quantitative estimate of drug-likeness (QED) is 0.795. The molecule has 100 valence electrons. The van der Waals surface area contributed by atoms with Gasteiger partial charge in [-0.15, -0.1) is 0 Å². The van der Waals surface area contributed by atoms with Crippen LogP contribution in [-0.2, 0) is 0 Å². The molecule has 1 spiro atoms. The van der Waals surface area contributed by atoms with Gasteiger partial charge in [-0.1, -0.05) is 13.8 Å². The Morgan fingerprint density at radius 3 is 2.06 bits per heavy atom. The highest BCUT2D eigenvalue weighted by Crippen LogP contribution is 2.49. The molecule has 1 saturated carbocycles. The van der Waals surface area contributed by atoms with E-state index >= 15 is 0 Å². The van der Waals surface area contributed by atoms with E-state index in [1.165, 1.54) is 38.8 Å². The van der Waals surface area contributed by atoms with Gasteiger partial charge in [0.2, 0.25) is 0 Å². The number of nitrogens with one attached hydrogen (secondary N) is 1. The minimum atomic E-state index is 0.362. The van der Waals surface area contributed by atoms with Crippen molar-refractivity contribution in [3.8, 4) is 0 Å². The summed E-state index contributed by atoms with van der Waals surface area (Å²) in [6.45, 7) is 14.1. The molecule has 17 heavy (non-hydrogen) atoms. The fraction of sp³-hybridized carbons (Fsp3) is 1.00. The van der Waals surface area contributed by atoms with Gasteiger partial charge in [0.1, 0.15) is 0 Å². The molecule has 2 aliphatic rings. The minimum Gasteiger partial charge on any atom is -0.312 e. The topological polar surface area (TPSA) is 15.3 Å². The van der Waals surface area contributed by atoms with Crippen molar-refractivity contribution in [2.24, 2.45) is 5.41 Å². The first-order valence-electron chi connectivity index (χ1n) is 7.32. The molecule has 1 aliphatic carbocycles. The molecule has 2 heteroatoms. The summed E-state index contributed by atoms with van der Waals surface area (Å²) >= 11 is 0. The van der Waals surface area contributed by atoms with E-state index in [9.17, 15) is 0 Å². The lowest BCUT2D eigenvalue weighted by molar-refractivity contribution is -0.0225. The van der Waals surface area contributed by atoms with Crippen LogP contribution in [-0.4, -0.2) is 35.6 Å². The van der Waals surface area contributed by atoms with Crippen LogP contribution in [0.3, 0.4) is 0 Å². The van der Waals surface area contributed by atoms with E-state index < -0.39 is 0 Å². The second-order valence-corrected chi connectivity index (χ2v) is 7.58. The predicted octanol–water partition coefficient (Wildman–Crippen LogP) is 3.03. The fourth-order valence-corrected chi connectivity index (χ4v) is 3.63. The lowest BCUT2D eigenvalue weighted by Crippen LogP contribution is -2.57. The summed E-state index contributed by atoms with van der Waals surface area (Å²) in [4.78, 5) is 2.65. The maximum atomic E-state index is 3.68. The number of rotatable bonds is 2. The zero-order valence-corrected chi connectivity index (χ0v) is 12.3. The van der Waals surface area contributed by atoms with E-state index in [1.54, 1.807) is 0 Å². The SMILES string of the molecule is CC(C)NC1CC2(CCN(C(C)(C)C)CC2)C1. The van der Waals surface area contributed by atoms with E-state index in [4.69, 9.17) is 0 Å². The number of hydrogen-bond donors (Lipinski definition) is 1. The number of nitrogens with zero attached hydrogens (tertiary/aromatic N) is 1. The van der Waals surface area contributed by atoms with Crippen LogP contribution in [0, 0.1) is 5.41 Å². The van der Waals surface area contributed by atoms with Crippen molar-refractivity contribution in [1.29, 1.82) is 0 Å². The third-order valence-corrected chi connectivity index (χ3v) is 4.70. The molecule has 2 rings (SSSR count). The normalized spacial score (nSPS) is 26.5. The molecule has 0 aromatic carbocycles. The van der Waals surface area contributed by atoms with Gasteiger partial charge in [-0.2, -0.15) is 0 Å². The minimum absolute atomic E-state index is 0.362. The number of hydrogen-bond acceptors (Lipinski definition) is 2. The van der Waals surface area contributed by atoms with Gasteiger partial charge in [0.05, 0.1) is 0 Å². The molecule has 1 saturated heterocycles. The Kier molecular flexibility index (Phi) is 3.57. The average Bonchev–Trinajstić information content (AvgIpc) is 2.13. The summed E-state index contributed by atoms with van der Waals surface area (Å²) < 4.78 is 0. The second kappa shape index (κ2) is 4.55. The summed E-state index contributed by atoms with van der Waals surface area (Å²) in [5.41, 5.74) is 1.06. The Labute approximate surface area is 107 Å². The Morgan fingerprint density at radius 1 is 1.12 bits per heavy atom. The molecule has 0 aromatic heterocycles. The highest BCUT2D eigenvalue weighted by molar-refractivity contribution is 5.01. The van der Waals surface area contributed by atoms with Gasteiger partial charge in [0.15, 0.2) is 0 Å². The standard InChI is InChI=1S/C15H30N2/c1-12(2)16-13-10-15(11-13)6-8-17(9-7-15)14(3,4)5/h12-13,16H,6-11H2,1-5H3. The van der Waals surface area contributed by atoms with Crippen molar-refractivity contribution in [3.05, 3.63) is 0 Å². The molecular weight excluding hydrogens is 208 g/mol. The molecule has 0 aromatic rings. The smallest absolute Gasteiger partial charge is 0.0125 e. The molecule has 0 atom stereocenters. The summed E-state index contributed by atoms with van der Waals surface area (Å²) in [5.74, 6) is 0. The van der Waals surface area contributed by atoms with Crippen molar-refractivity contribution in [2.75, 3.05) is 13.1 Å². The Morgan fingerprint density at radius 2 is 1.65 bits per heavy atom. The first kappa shape index (κ1) is 13.4. The van der Waals surface area contributed by atoms with Crippen molar-refractivity contribution in [3.63, 3.8) is 0 Å². The van der Waals surface area contributed by atoms with Gasteiger partial charge in [0, 0.05) is 17.6 Å². The first-order valence-corrected chi connectivity index (χ1v) is 7.32. The Bertz CT molecular complexity index is 249. The maximum absolute atomic E-state index is 3.68. The van der Waals surface area contributed by atoms with Crippen LogP contribution in [0.15, 0.2) is 0 Å². The van der Waals surface area contributed by atoms with Crippen molar-refractivity contribution in [2.45, 2.75) is 77.9 Å². The largest absolute Gasteiger partial charge is 0.312 e. The lowest BCUT2D eigenvalue weighted by Gasteiger charge is -2.54. The van der Waals surface area contributed by atoms with Crippen molar-refractivity contribution < 1.29 is 0 Å². The molecule has 0 bridgehead atoms. The van der Waals surface area contributed by atoms with Crippen molar-refractivity contribution in [1.82, 2.24) is 10.2 Å². The third kappa shape index (κ3) is 3.03. The molecule has 0 unspecified atom stereocenters. The van der Waals surface area contributed by atoms with Crippen LogP contribution in [0.2, 0.25) is 0 Å².